The van der Waals surface area contributed by atoms with Crippen molar-refractivity contribution in [1.82, 2.24) is 14.7 Å². The summed E-state index contributed by atoms with van der Waals surface area (Å²) in [6.07, 6.45) is 1.33. The normalized spacial score (nSPS) is 18.6. The first kappa shape index (κ1) is 16.4. The summed E-state index contributed by atoms with van der Waals surface area (Å²) in [5.41, 5.74) is 0.194. The number of hydrogen-bond acceptors (Lipinski definition) is 4. The summed E-state index contributed by atoms with van der Waals surface area (Å²) < 4.78 is 30.9. The number of carbonyl (C=O) groups excluding carboxylic acids is 2. The maximum Gasteiger partial charge on any atom is 0.333 e. The number of esters is 1. The Morgan fingerprint density at radius 2 is 2.23 bits per heavy atom. The first-order chi connectivity index (χ1) is 10.4. The largest absolute Gasteiger partial charge is 0.466 e. The molecule has 1 aliphatic rings. The summed E-state index contributed by atoms with van der Waals surface area (Å²) in [6.45, 7) is 1.42. The molecule has 8 heteroatoms. The van der Waals surface area contributed by atoms with Crippen LogP contribution in [-0.4, -0.2) is 46.3 Å². The zero-order valence-corrected chi connectivity index (χ0v) is 12.6. The van der Waals surface area contributed by atoms with E-state index in [1.807, 2.05) is 0 Å². The van der Waals surface area contributed by atoms with E-state index < -0.39 is 12.5 Å². The third-order valence-corrected chi connectivity index (χ3v) is 3.65. The molecule has 0 aliphatic carbocycles. The van der Waals surface area contributed by atoms with Gasteiger partial charge in [0, 0.05) is 18.8 Å². The number of likely N-dealkylation sites (tertiary alicyclic amines) is 1. The fraction of sp³-hybridized carbons (Fsp3) is 0.643. The van der Waals surface area contributed by atoms with Crippen molar-refractivity contribution in [2.75, 3.05) is 19.7 Å². The number of ether oxygens (including phenoxy) is 1. The van der Waals surface area contributed by atoms with Gasteiger partial charge in [-0.05, 0) is 32.8 Å². The Hall–Kier alpha value is -1.99. The van der Waals surface area contributed by atoms with Crippen LogP contribution in [-0.2, 0) is 9.53 Å². The summed E-state index contributed by atoms with van der Waals surface area (Å²) >= 11 is 0. The lowest BCUT2D eigenvalue weighted by atomic mass is 9.98. The van der Waals surface area contributed by atoms with Crippen molar-refractivity contribution in [3.05, 3.63) is 17.5 Å². The van der Waals surface area contributed by atoms with E-state index in [4.69, 9.17) is 4.74 Å². The summed E-state index contributed by atoms with van der Waals surface area (Å²) in [5, 5.41) is 3.65. The van der Waals surface area contributed by atoms with Gasteiger partial charge in [0.25, 0.3) is 5.91 Å². The molecule has 0 spiro atoms. The molecule has 1 saturated heterocycles. The van der Waals surface area contributed by atoms with Crippen LogP contribution in [0.1, 0.15) is 42.5 Å². The number of rotatable bonds is 4. The summed E-state index contributed by atoms with van der Waals surface area (Å²) in [4.78, 5) is 25.6. The number of piperidine rings is 1. The van der Waals surface area contributed by atoms with Gasteiger partial charge in [-0.15, -0.1) is 0 Å². The van der Waals surface area contributed by atoms with Gasteiger partial charge < -0.3 is 9.64 Å². The summed E-state index contributed by atoms with van der Waals surface area (Å²) in [6, 6.07) is 1.34. The van der Waals surface area contributed by atoms with Crippen LogP contribution in [0.5, 0.6) is 0 Å². The van der Waals surface area contributed by atoms with Gasteiger partial charge in [-0.2, -0.15) is 13.9 Å². The van der Waals surface area contributed by atoms with E-state index in [2.05, 4.69) is 5.10 Å². The van der Waals surface area contributed by atoms with Gasteiger partial charge in [-0.1, -0.05) is 0 Å². The van der Waals surface area contributed by atoms with E-state index in [1.54, 1.807) is 6.92 Å². The molecule has 0 N–H and O–H groups in total. The van der Waals surface area contributed by atoms with Crippen LogP contribution < -0.4 is 0 Å². The second-order valence-electron chi connectivity index (χ2n) is 5.24. The molecular weight excluding hydrogens is 296 g/mol. The minimum absolute atomic E-state index is 0.0256. The van der Waals surface area contributed by atoms with E-state index >= 15 is 0 Å². The van der Waals surface area contributed by atoms with E-state index in [-0.39, 0.29) is 29.8 Å². The van der Waals surface area contributed by atoms with Crippen LogP contribution in [0.4, 0.5) is 8.78 Å². The SMILES string of the molecule is CCOC(=O)[C@H]1CCCN(C(=O)c2cc(C)n(C(F)F)n2)C1. The second-order valence-corrected chi connectivity index (χ2v) is 5.24. The predicted octanol–water partition coefficient (Wildman–Crippen LogP) is 2.00. The number of nitrogens with zero attached hydrogens (tertiary/aromatic N) is 3. The van der Waals surface area contributed by atoms with E-state index in [9.17, 15) is 18.4 Å². The zero-order chi connectivity index (χ0) is 16.3. The van der Waals surface area contributed by atoms with Gasteiger partial charge in [-0.3, -0.25) is 9.59 Å². The number of aromatic nitrogens is 2. The molecule has 1 aromatic heterocycles. The van der Waals surface area contributed by atoms with Gasteiger partial charge >= 0.3 is 12.5 Å². The minimum Gasteiger partial charge on any atom is -0.466 e. The van der Waals surface area contributed by atoms with Crippen molar-refractivity contribution in [3.63, 3.8) is 0 Å². The molecule has 2 heterocycles. The number of carbonyl (C=O) groups is 2. The quantitative estimate of drug-likeness (QED) is 0.797. The summed E-state index contributed by atoms with van der Waals surface area (Å²) in [5.74, 6) is -1.12. The van der Waals surface area contributed by atoms with Gasteiger partial charge in [0.05, 0.1) is 12.5 Å². The number of amides is 1. The molecule has 6 nitrogen and oxygen atoms in total. The lowest BCUT2D eigenvalue weighted by molar-refractivity contribution is -0.149. The molecule has 1 fully saturated rings. The number of hydrogen-bond donors (Lipinski definition) is 0. The zero-order valence-electron chi connectivity index (χ0n) is 12.6. The van der Waals surface area contributed by atoms with Crippen LogP contribution in [0, 0.1) is 12.8 Å². The highest BCUT2D eigenvalue weighted by molar-refractivity contribution is 5.92. The molecule has 0 bridgehead atoms. The smallest absolute Gasteiger partial charge is 0.333 e. The van der Waals surface area contributed by atoms with Gasteiger partial charge in [0.15, 0.2) is 5.69 Å². The van der Waals surface area contributed by atoms with Gasteiger partial charge in [0.1, 0.15) is 0 Å². The minimum atomic E-state index is -2.78. The molecule has 0 saturated carbocycles. The Morgan fingerprint density at radius 3 is 2.82 bits per heavy atom. The molecule has 2 rings (SSSR count). The first-order valence-corrected chi connectivity index (χ1v) is 7.24. The second kappa shape index (κ2) is 6.85. The molecule has 122 valence electrons. The highest BCUT2D eigenvalue weighted by Gasteiger charge is 2.31. The van der Waals surface area contributed by atoms with Crippen molar-refractivity contribution < 1.29 is 23.1 Å². The van der Waals surface area contributed by atoms with Crippen molar-refractivity contribution >= 4 is 11.9 Å². The molecule has 0 aromatic carbocycles. The molecule has 0 radical (unpaired) electrons. The molecule has 0 unspecified atom stereocenters. The third-order valence-electron chi connectivity index (χ3n) is 3.65. The highest BCUT2D eigenvalue weighted by Crippen LogP contribution is 2.21. The predicted molar refractivity (Wildman–Crippen MR) is 73.5 cm³/mol. The van der Waals surface area contributed by atoms with Crippen molar-refractivity contribution in [2.45, 2.75) is 33.2 Å². The lowest BCUT2D eigenvalue weighted by Crippen LogP contribution is -2.43. The standard InChI is InChI=1S/C14H19F2N3O3/c1-3-22-13(21)10-5-4-6-18(8-10)12(20)11-7-9(2)19(17-11)14(15)16/h7,10,14H,3-6,8H2,1-2H3/t10-/m0/s1. The van der Waals surface area contributed by atoms with Crippen LogP contribution in [0.2, 0.25) is 0 Å². The number of alkyl halides is 2. The maximum absolute atomic E-state index is 12.7. The monoisotopic (exact) mass is 315 g/mol. The fourth-order valence-corrected chi connectivity index (χ4v) is 2.57. The maximum atomic E-state index is 12.7. The Bertz CT molecular complexity index is 560. The number of aryl methyl sites for hydroxylation is 1. The van der Waals surface area contributed by atoms with E-state index in [1.165, 1.54) is 17.9 Å². The van der Waals surface area contributed by atoms with E-state index in [0.29, 0.717) is 30.7 Å². The van der Waals surface area contributed by atoms with Crippen LogP contribution >= 0.6 is 0 Å². The molecule has 1 atom stereocenters. The van der Waals surface area contributed by atoms with Crippen molar-refractivity contribution in [1.29, 1.82) is 0 Å². The molecule has 1 aliphatic heterocycles. The van der Waals surface area contributed by atoms with Crippen molar-refractivity contribution in [2.24, 2.45) is 5.92 Å². The topological polar surface area (TPSA) is 64.4 Å². The average molecular weight is 315 g/mol. The highest BCUT2D eigenvalue weighted by atomic mass is 19.3. The molecule has 1 amide bonds. The van der Waals surface area contributed by atoms with Crippen molar-refractivity contribution in [3.8, 4) is 0 Å². The lowest BCUT2D eigenvalue weighted by Gasteiger charge is -2.31. The molecule has 22 heavy (non-hydrogen) atoms. The fourth-order valence-electron chi connectivity index (χ4n) is 2.57. The molecular formula is C14H19F2N3O3. The van der Waals surface area contributed by atoms with Gasteiger partial charge in [0.2, 0.25) is 0 Å². The van der Waals surface area contributed by atoms with Crippen LogP contribution in [0.25, 0.3) is 0 Å². The number of halogens is 2. The van der Waals surface area contributed by atoms with Crippen LogP contribution in [0.15, 0.2) is 6.07 Å². The Labute approximate surface area is 127 Å². The Morgan fingerprint density at radius 1 is 1.50 bits per heavy atom. The van der Waals surface area contributed by atoms with Gasteiger partial charge in [-0.25, -0.2) is 4.68 Å². The Balaban J connectivity index is 2.09. The Kier molecular flexibility index (Phi) is 5.10. The summed E-state index contributed by atoms with van der Waals surface area (Å²) in [7, 11) is 0. The first-order valence-electron chi connectivity index (χ1n) is 7.24. The molecule has 1 aromatic rings. The van der Waals surface area contributed by atoms with E-state index in [0.717, 1.165) is 0 Å². The average Bonchev–Trinajstić information content (AvgIpc) is 2.89. The van der Waals surface area contributed by atoms with Crippen LogP contribution in [0.3, 0.4) is 0 Å². The third kappa shape index (κ3) is 3.42.